The molecule has 0 aliphatic carbocycles. The Kier molecular flexibility index (Phi) is 4.59. The number of anilines is 3. The Balaban J connectivity index is 1.89. The molecule has 0 spiro atoms. The van der Waals surface area contributed by atoms with Gasteiger partial charge in [-0.15, -0.1) is 0 Å². The molecule has 1 aliphatic rings. The van der Waals surface area contributed by atoms with Crippen molar-refractivity contribution in [3.63, 3.8) is 0 Å². The van der Waals surface area contributed by atoms with Gasteiger partial charge in [-0.25, -0.2) is 4.98 Å². The number of hydrogen-bond acceptors (Lipinski definition) is 4. The van der Waals surface area contributed by atoms with E-state index >= 15 is 0 Å². The van der Waals surface area contributed by atoms with Crippen LogP contribution in [0, 0.1) is 0 Å². The number of rotatable bonds is 3. The number of nitrogens with zero attached hydrogens (tertiary/aromatic N) is 2. The summed E-state index contributed by atoms with van der Waals surface area (Å²) in [6.45, 7) is 1.84. The number of carbonyl (C=O) groups is 1. The highest BCUT2D eigenvalue weighted by Crippen LogP contribution is 2.33. The van der Waals surface area contributed by atoms with E-state index in [0.29, 0.717) is 27.1 Å². The molecule has 23 heavy (non-hydrogen) atoms. The van der Waals surface area contributed by atoms with Gasteiger partial charge in [0.1, 0.15) is 5.82 Å². The van der Waals surface area contributed by atoms with E-state index in [0.717, 1.165) is 31.6 Å². The molecule has 7 heteroatoms. The number of carbonyl (C=O) groups excluding carboxylic acids is 1. The fourth-order valence-corrected chi connectivity index (χ4v) is 2.97. The summed E-state index contributed by atoms with van der Waals surface area (Å²) >= 11 is 12.0. The Hall–Kier alpha value is -1.98. The molecule has 0 saturated carbocycles. The van der Waals surface area contributed by atoms with E-state index in [1.807, 2.05) is 0 Å². The quantitative estimate of drug-likeness (QED) is 0.825. The minimum atomic E-state index is -0.347. The van der Waals surface area contributed by atoms with E-state index in [9.17, 15) is 4.79 Å². The summed E-state index contributed by atoms with van der Waals surface area (Å²) in [6.07, 6.45) is 3.69. The Morgan fingerprint density at radius 3 is 2.57 bits per heavy atom. The molecule has 1 amide bonds. The van der Waals surface area contributed by atoms with E-state index < -0.39 is 0 Å². The molecule has 0 radical (unpaired) electrons. The first-order valence-electron chi connectivity index (χ1n) is 7.31. The van der Waals surface area contributed by atoms with Crippen molar-refractivity contribution in [2.45, 2.75) is 12.8 Å². The molecule has 1 fully saturated rings. The maximum absolute atomic E-state index is 12.5. The molecule has 3 N–H and O–H groups in total. The van der Waals surface area contributed by atoms with E-state index in [4.69, 9.17) is 28.9 Å². The van der Waals surface area contributed by atoms with Crippen LogP contribution in [0.3, 0.4) is 0 Å². The average molecular weight is 351 g/mol. The molecular formula is C16H16Cl2N4O. The van der Waals surface area contributed by atoms with Crippen LogP contribution in [0.2, 0.25) is 10.0 Å². The first-order valence-corrected chi connectivity index (χ1v) is 8.07. The fourth-order valence-electron chi connectivity index (χ4n) is 2.64. The van der Waals surface area contributed by atoms with Crippen molar-refractivity contribution in [2.75, 3.05) is 29.0 Å². The summed E-state index contributed by atoms with van der Waals surface area (Å²) in [4.78, 5) is 18.7. The normalized spacial score (nSPS) is 14.1. The molecule has 0 atom stereocenters. The molecule has 2 aromatic rings. The van der Waals surface area contributed by atoms with Crippen LogP contribution in [0.15, 0.2) is 30.5 Å². The summed E-state index contributed by atoms with van der Waals surface area (Å²) in [5.74, 6) is 0.0572. The standard InChI is InChI=1S/C16H16Cl2N4O/c17-10-3-4-14(20-9-10)21-16(23)12-7-11(18)8-13(15(12)19)22-5-1-2-6-22/h3-4,7-9H,1-2,5-6,19H2,(H,20,21,23). The van der Waals surface area contributed by atoms with Crippen molar-refractivity contribution in [1.82, 2.24) is 4.98 Å². The van der Waals surface area contributed by atoms with Gasteiger partial charge >= 0.3 is 0 Å². The summed E-state index contributed by atoms with van der Waals surface area (Å²) in [5, 5.41) is 3.69. The SMILES string of the molecule is Nc1c(C(=O)Nc2ccc(Cl)cn2)cc(Cl)cc1N1CCCC1. The zero-order chi connectivity index (χ0) is 16.4. The molecule has 2 heterocycles. The highest BCUT2D eigenvalue weighted by molar-refractivity contribution is 6.32. The predicted octanol–water partition coefficient (Wildman–Crippen LogP) is 3.82. The first kappa shape index (κ1) is 15.9. The van der Waals surface area contributed by atoms with E-state index in [1.54, 1.807) is 24.3 Å². The van der Waals surface area contributed by atoms with Crippen LogP contribution in [0.4, 0.5) is 17.2 Å². The number of nitrogens with one attached hydrogen (secondary N) is 1. The number of benzene rings is 1. The second-order valence-corrected chi connectivity index (χ2v) is 6.27. The summed E-state index contributed by atoms with van der Waals surface area (Å²) in [7, 11) is 0. The lowest BCUT2D eigenvalue weighted by Gasteiger charge is -2.21. The number of hydrogen-bond donors (Lipinski definition) is 2. The van der Waals surface area contributed by atoms with Crippen LogP contribution >= 0.6 is 23.2 Å². The van der Waals surface area contributed by atoms with Crippen molar-refractivity contribution < 1.29 is 4.79 Å². The Bertz CT molecular complexity index is 728. The monoisotopic (exact) mass is 350 g/mol. The number of pyridine rings is 1. The van der Waals surface area contributed by atoms with Crippen LogP contribution in [-0.4, -0.2) is 24.0 Å². The van der Waals surface area contributed by atoms with Crippen LogP contribution in [0.25, 0.3) is 0 Å². The zero-order valence-corrected chi connectivity index (χ0v) is 13.9. The smallest absolute Gasteiger partial charge is 0.259 e. The van der Waals surface area contributed by atoms with Crippen molar-refractivity contribution in [1.29, 1.82) is 0 Å². The molecule has 1 saturated heterocycles. The number of halogens is 2. The predicted molar refractivity (Wildman–Crippen MR) is 94.5 cm³/mol. The van der Waals surface area contributed by atoms with Crippen LogP contribution in [0.1, 0.15) is 23.2 Å². The van der Waals surface area contributed by atoms with Crippen LogP contribution in [-0.2, 0) is 0 Å². The van der Waals surface area contributed by atoms with Gasteiger partial charge < -0.3 is 16.0 Å². The number of amides is 1. The van der Waals surface area contributed by atoms with Gasteiger partial charge in [0.25, 0.3) is 5.91 Å². The third-order valence-electron chi connectivity index (χ3n) is 3.78. The van der Waals surface area contributed by atoms with Gasteiger partial charge in [-0.2, -0.15) is 0 Å². The first-order chi connectivity index (χ1) is 11.0. The second-order valence-electron chi connectivity index (χ2n) is 5.40. The molecule has 0 unspecified atom stereocenters. The van der Waals surface area contributed by atoms with Crippen LogP contribution in [0.5, 0.6) is 0 Å². The Morgan fingerprint density at radius 2 is 1.91 bits per heavy atom. The van der Waals surface area contributed by atoms with Crippen molar-refractivity contribution >= 4 is 46.3 Å². The van der Waals surface area contributed by atoms with Gasteiger partial charge in [-0.1, -0.05) is 23.2 Å². The van der Waals surface area contributed by atoms with Crippen molar-refractivity contribution in [2.24, 2.45) is 0 Å². The van der Waals surface area contributed by atoms with Gasteiger partial charge in [-0.3, -0.25) is 4.79 Å². The molecule has 1 aromatic carbocycles. The van der Waals surface area contributed by atoms with Crippen molar-refractivity contribution in [3.05, 3.63) is 46.1 Å². The summed E-state index contributed by atoms with van der Waals surface area (Å²) in [5.41, 5.74) is 7.79. The fraction of sp³-hybridized carbons (Fsp3) is 0.250. The second kappa shape index (κ2) is 6.64. The molecule has 3 rings (SSSR count). The van der Waals surface area contributed by atoms with Gasteiger partial charge in [0.2, 0.25) is 0 Å². The minimum Gasteiger partial charge on any atom is -0.396 e. The minimum absolute atomic E-state index is 0.344. The lowest BCUT2D eigenvalue weighted by Crippen LogP contribution is -2.22. The summed E-state index contributed by atoms with van der Waals surface area (Å²) in [6, 6.07) is 6.66. The Labute approximate surface area is 144 Å². The largest absolute Gasteiger partial charge is 0.396 e. The van der Waals surface area contributed by atoms with Crippen LogP contribution < -0.4 is 16.0 Å². The van der Waals surface area contributed by atoms with Gasteiger partial charge in [0.05, 0.1) is 22.0 Å². The average Bonchev–Trinajstić information content (AvgIpc) is 3.05. The highest BCUT2D eigenvalue weighted by atomic mass is 35.5. The molecule has 120 valence electrons. The maximum atomic E-state index is 12.5. The lowest BCUT2D eigenvalue weighted by molar-refractivity contribution is 0.102. The molecule has 1 aromatic heterocycles. The number of nitrogens with two attached hydrogens (primary N) is 1. The maximum Gasteiger partial charge on any atom is 0.259 e. The zero-order valence-electron chi connectivity index (χ0n) is 12.4. The molecule has 5 nitrogen and oxygen atoms in total. The van der Waals surface area contributed by atoms with Crippen molar-refractivity contribution in [3.8, 4) is 0 Å². The third-order valence-corrected chi connectivity index (χ3v) is 4.23. The lowest BCUT2D eigenvalue weighted by atomic mass is 10.1. The van der Waals surface area contributed by atoms with E-state index in [1.165, 1.54) is 6.20 Å². The highest BCUT2D eigenvalue weighted by Gasteiger charge is 2.20. The third kappa shape index (κ3) is 3.51. The van der Waals surface area contributed by atoms with Gasteiger partial charge in [0, 0.05) is 24.3 Å². The molecule has 1 aliphatic heterocycles. The van der Waals surface area contributed by atoms with Gasteiger partial charge in [-0.05, 0) is 37.1 Å². The topological polar surface area (TPSA) is 71.2 Å². The molecular weight excluding hydrogens is 335 g/mol. The van der Waals surface area contributed by atoms with E-state index in [-0.39, 0.29) is 5.91 Å². The Morgan fingerprint density at radius 1 is 1.17 bits per heavy atom. The molecule has 0 bridgehead atoms. The van der Waals surface area contributed by atoms with Gasteiger partial charge in [0.15, 0.2) is 0 Å². The summed E-state index contributed by atoms with van der Waals surface area (Å²) < 4.78 is 0. The number of nitrogen functional groups attached to an aromatic ring is 1. The number of aromatic nitrogens is 1. The van der Waals surface area contributed by atoms with E-state index in [2.05, 4.69) is 15.2 Å².